The number of aryl methyl sites for hydroxylation is 2. The van der Waals surface area contributed by atoms with Crippen LogP contribution in [0, 0.1) is 0 Å². The van der Waals surface area contributed by atoms with Crippen molar-refractivity contribution in [1.29, 1.82) is 0 Å². The Morgan fingerprint density at radius 3 is 2.41 bits per heavy atom. The minimum absolute atomic E-state index is 0.184. The molecule has 0 spiro atoms. The Balaban J connectivity index is 1.71. The van der Waals surface area contributed by atoms with E-state index in [1.165, 1.54) is 29.7 Å². The highest BCUT2D eigenvalue weighted by molar-refractivity contribution is 7.14. The Morgan fingerprint density at radius 2 is 1.74 bits per heavy atom. The molecule has 0 radical (unpaired) electrons. The number of hydrogen-bond acceptors (Lipinski definition) is 6. The second-order valence-corrected chi connectivity index (χ2v) is 7.41. The summed E-state index contributed by atoms with van der Waals surface area (Å²) in [6.45, 7) is 0. The molecule has 1 aromatic heterocycles. The van der Waals surface area contributed by atoms with E-state index in [0.717, 1.165) is 18.4 Å². The highest BCUT2D eigenvalue weighted by Gasteiger charge is 2.16. The number of rotatable bonds is 6. The molecule has 1 N–H and O–H groups in total. The Bertz CT molecular complexity index is 796. The summed E-state index contributed by atoms with van der Waals surface area (Å²) in [5, 5.41) is 4.08. The first kappa shape index (κ1) is 19.2. The first-order chi connectivity index (χ1) is 13.2. The Labute approximate surface area is 163 Å². The van der Waals surface area contributed by atoms with Gasteiger partial charge in [-0.05, 0) is 49.4 Å². The number of methoxy groups -OCH3 is 3. The molecule has 0 atom stereocenters. The third kappa shape index (κ3) is 4.42. The number of hydrogen-bond donors (Lipinski definition) is 1. The van der Waals surface area contributed by atoms with Gasteiger partial charge in [-0.25, -0.2) is 5.43 Å². The van der Waals surface area contributed by atoms with Gasteiger partial charge in [-0.3, -0.25) is 4.79 Å². The maximum absolute atomic E-state index is 12.4. The number of nitrogens with one attached hydrogen (secondary N) is 1. The summed E-state index contributed by atoms with van der Waals surface area (Å²) in [7, 11) is 4.67. The molecule has 3 rings (SSSR count). The summed E-state index contributed by atoms with van der Waals surface area (Å²) in [6, 6.07) is 5.55. The lowest BCUT2D eigenvalue weighted by molar-refractivity contribution is 0.0959. The maximum Gasteiger partial charge on any atom is 0.281 e. The zero-order chi connectivity index (χ0) is 19.2. The predicted octanol–water partition coefficient (Wildman–Crippen LogP) is 3.81. The van der Waals surface area contributed by atoms with Gasteiger partial charge >= 0.3 is 0 Å². The number of carbonyl (C=O) groups excluding carboxylic acids is 1. The zero-order valence-electron chi connectivity index (χ0n) is 15.8. The molecular weight excluding hydrogens is 364 g/mol. The third-order valence-electron chi connectivity index (χ3n) is 4.54. The zero-order valence-corrected chi connectivity index (χ0v) is 16.6. The van der Waals surface area contributed by atoms with Crippen LogP contribution in [0.3, 0.4) is 0 Å². The van der Waals surface area contributed by atoms with Crippen molar-refractivity contribution < 1.29 is 19.0 Å². The molecule has 7 heteroatoms. The van der Waals surface area contributed by atoms with Crippen molar-refractivity contribution in [3.8, 4) is 17.2 Å². The van der Waals surface area contributed by atoms with Gasteiger partial charge in [-0.1, -0.05) is 6.42 Å². The summed E-state index contributed by atoms with van der Waals surface area (Å²) in [4.78, 5) is 14.5. The maximum atomic E-state index is 12.4. The summed E-state index contributed by atoms with van der Waals surface area (Å²) in [5.74, 6) is 1.40. The van der Waals surface area contributed by atoms with Gasteiger partial charge in [0.05, 0.1) is 32.4 Å². The Hall–Kier alpha value is -2.54. The first-order valence-corrected chi connectivity index (χ1v) is 9.73. The lowest BCUT2D eigenvalue weighted by atomic mass is 10.1. The van der Waals surface area contributed by atoms with E-state index >= 15 is 0 Å². The first-order valence-electron chi connectivity index (χ1n) is 8.91. The fourth-order valence-corrected chi connectivity index (χ4v) is 4.32. The van der Waals surface area contributed by atoms with Gasteiger partial charge in [0.1, 0.15) is 0 Å². The van der Waals surface area contributed by atoms with E-state index in [1.54, 1.807) is 51.0 Å². The van der Waals surface area contributed by atoms with Gasteiger partial charge < -0.3 is 14.2 Å². The van der Waals surface area contributed by atoms with Crippen molar-refractivity contribution in [2.45, 2.75) is 32.1 Å². The fraction of sp³-hybridized carbons (Fsp3) is 0.400. The van der Waals surface area contributed by atoms with Gasteiger partial charge in [0.25, 0.3) is 5.91 Å². The third-order valence-corrected chi connectivity index (χ3v) is 5.77. The van der Waals surface area contributed by atoms with Gasteiger partial charge in [-0.15, -0.1) is 11.3 Å². The molecule has 1 aliphatic rings. The average molecular weight is 388 g/mol. The molecule has 1 aliphatic carbocycles. The molecule has 0 saturated carbocycles. The summed E-state index contributed by atoms with van der Waals surface area (Å²) < 4.78 is 15.9. The van der Waals surface area contributed by atoms with E-state index in [0.29, 0.717) is 22.1 Å². The molecule has 0 saturated heterocycles. The molecule has 0 aliphatic heterocycles. The molecule has 0 bridgehead atoms. The quantitative estimate of drug-likeness (QED) is 0.464. The number of thiophene rings is 1. The van der Waals surface area contributed by atoms with Crippen molar-refractivity contribution in [3.05, 3.63) is 39.1 Å². The van der Waals surface area contributed by atoms with Crippen LogP contribution in [0.2, 0.25) is 0 Å². The van der Waals surface area contributed by atoms with Crippen molar-refractivity contribution >= 4 is 23.5 Å². The molecule has 0 unspecified atom stereocenters. The molecule has 6 nitrogen and oxygen atoms in total. The summed E-state index contributed by atoms with van der Waals surface area (Å²) in [6.07, 6.45) is 7.36. The van der Waals surface area contributed by atoms with Crippen LogP contribution < -0.4 is 19.6 Å². The number of ether oxygens (including phenoxy) is 3. The SMILES string of the molecule is COc1cc(/C=N\NC(=O)c2cc3c(s2)CCCCC3)cc(OC)c1OC. The van der Waals surface area contributed by atoms with Crippen LogP contribution in [0.4, 0.5) is 0 Å². The second kappa shape index (κ2) is 8.90. The summed E-state index contributed by atoms with van der Waals surface area (Å²) in [5.41, 5.74) is 4.65. The largest absolute Gasteiger partial charge is 0.493 e. The second-order valence-electron chi connectivity index (χ2n) is 6.28. The fourth-order valence-electron chi connectivity index (χ4n) is 3.18. The molecule has 144 valence electrons. The molecule has 1 heterocycles. The number of fused-ring (bicyclic) bond motifs is 1. The molecule has 1 aromatic carbocycles. The Morgan fingerprint density at radius 1 is 1.04 bits per heavy atom. The van der Waals surface area contributed by atoms with E-state index in [4.69, 9.17) is 14.2 Å². The smallest absolute Gasteiger partial charge is 0.281 e. The predicted molar refractivity (Wildman–Crippen MR) is 107 cm³/mol. The van der Waals surface area contributed by atoms with E-state index < -0.39 is 0 Å². The van der Waals surface area contributed by atoms with Crippen LogP contribution >= 0.6 is 11.3 Å². The monoisotopic (exact) mass is 388 g/mol. The van der Waals surface area contributed by atoms with E-state index in [9.17, 15) is 4.79 Å². The van der Waals surface area contributed by atoms with Crippen LogP contribution in [0.5, 0.6) is 17.2 Å². The molecular formula is C20H24N2O4S. The van der Waals surface area contributed by atoms with Gasteiger partial charge in [-0.2, -0.15) is 5.10 Å². The molecule has 1 amide bonds. The van der Waals surface area contributed by atoms with Crippen LogP contribution in [0.15, 0.2) is 23.3 Å². The van der Waals surface area contributed by atoms with Gasteiger partial charge in [0.2, 0.25) is 5.75 Å². The number of amides is 1. The van der Waals surface area contributed by atoms with Crippen LogP contribution in [0.25, 0.3) is 0 Å². The minimum atomic E-state index is -0.184. The van der Waals surface area contributed by atoms with Gasteiger partial charge in [0.15, 0.2) is 11.5 Å². The standard InChI is InChI=1S/C20H24N2O4S/c1-24-15-9-13(10-16(25-2)19(15)26-3)12-21-22-20(23)18-11-14-7-5-4-6-8-17(14)27-18/h9-12H,4-8H2,1-3H3,(H,22,23)/b21-12-. The lowest BCUT2D eigenvalue weighted by Crippen LogP contribution is -2.16. The van der Waals surface area contributed by atoms with Crippen molar-refractivity contribution in [2.24, 2.45) is 5.10 Å². The molecule has 27 heavy (non-hydrogen) atoms. The normalized spacial score (nSPS) is 13.7. The van der Waals surface area contributed by atoms with Crippen LogP contribution in [-0.4, -0.2) is 33.5 Å². The van der Waals surface area contributed by atoms with Crippen molar-refractivity contribution in [1.82, 2.24) is 5.43 Å². The van der Waals surface area contributed by atoms with Crippen LogP contribution in [-0.2, 0) is 12.8 Å². The highest BCUT2D eigenvalue weighted by Crippen LogP contribution is 2.37. The Kier molecular flexibility index (Phi) is 6.34. The number of hydrazone groups is 1. The summed E-state index contributed by atoms with van der Waals surface area (Å²) >= 11 is 1.58. The highest BCUT2D eigenvalue weighted by atomic mass is 32.1. The van der Waals surface area contributed by atoms with Crippen molar-refractivity contribution in [3.63, 3.8) is 0 Å². The van der Waals surface area contributed by atoms with E-state index in [2.05, 4.69) is 10.5 Å². The molecule has 0 fully saturated rings. The number of carbonyl (C=O) groups is 1. The van der Waals surface area contributed by atoms with E-state index in [-0.39, 0.29) is 5.91 Å². The van der Waals surface area contributed by atoms with Crippen LogP contribution in [0.1, 0.15) is 44.9 Å². The van der Waals surface area contributed by atoms with Gasteiger partial charge in [0, 0.05) is 10.4 Å². The molecule has 2 aromatic rings. The lowest BCUT2D eigenvalue weighted by Gasteiger charge is -2.12. The van der Waals surface area contributed by atoms with Crippen molar-refractivity contribution in [2.75, 3.05) is 21.3 Å². The minimum Gasteiger partial charge on any atom is -0.493 e. The topological polar surface area (TPSA) is 69.2 Å². The van der Waals surface area contributed by atoms with E-state index in [1.807, 2.05) is 6.07 Å². The number of benzene rings is 1. The average Bonchev–Trinajstić information content (AvgIpc) is 2.97. The number of nitrogens with zero attached hydrogens (tertiary/aromatic N) is 1.